The molecule has 0 aliphatic rings. The maximum atomic E-state index is 9.01. The average Bonchev–Trinajstić information content (AvgIpc) is 3.18. The van der Waals surface area contributed by atoms with Gasteiger partial charge in [-0.05, 0) is 44.2 Å². The van der Waals surface area contributed by atoms with E-state index < -0.39 is 6.04 Å². The highest BCUT2D eigenvalue weighted by Gasteiger charge is 2.16. The monoisotopic (exact) mass is 487 g/mol. The number of nitrogens with zero attached hydrogens (tertiary/aromatic N) is 2. The van der Waals surface area contributed by atoms with Crippen LogP contribution in [0.15, 0.2) is 30.3 Å². The first-order chi connectivity index (χ1) is 14.3. The average molecular weight is 489 g/mol. The fraction of sp³-hybridized carbons (Fsp3) is 0.300. The molecule has 0 bridgehead atoms. The van der Waals surface area contributed by atoms with Crippen molar-refractivity contribution < 1.29 is 14.6 Å². The van der Waals surface area contributed by atoms with Gasteiger partial charge < -0.3 is 20.3 Å². The smallest absolute Gasteiger partial charge is 0.156 e. The van der Waals surface area contributed by atoms with Gasteiger partial charge in [0.15, 0.2) is 5.75 Å². The molecule has 0 unspecified atom stereocenters. The molecule has 0 aliphatic carbocycles. The number of ether oxygens (including phenoxy) is 2. The maximum absolute atomic E-state index is 9.01. The Morgan fingerprint density at radius 3 is 2.17 bits per heavy atom. The summed E-state index contributed by atoms with van der Waals surface area (Å²) in [7, 11) is 0. The lowest BCUT2D eigenvalue weighted by Gasteiger charge is -2.13. The summed E-state index contributed by atoms with van der Waals surface area (Å²) >= 11 is 20.4. The lowest BCUT2D eigenvalue weighted by atomic mass is 10.2. The van der Waals surface area contributed by atoms with Gasteiger partial charge in [-0.15, -0.1) is 10.2 Å². The van der Waals surface area contributed by atoms with Gasteiger partial charge in [0.25, 0.3) is 0 Å². The van der Waals surface area contributed by atoms with Crippen molar-refractivity contribution in [3.8, 4) is 32.6 Å². The van der Waals surface area contributed by atoms with E-state index in [1.54, 1.807) is 18.2 Å². The Kier molecular flexibility index (Phi) is 7.79. The van der Waals surface area contributed by atoms with Crippen LogP contribution in [0.3, 0.4) is 0 Å². The number of nitrogens with two attached hydrogens (primary N) is 1. The highest BCUT2D eigenvalue weighted by molar-refractivity contribution is 7.17. The zero-order valence-electron chi connectivity index (χ0n) is 16.2. The van der Waals surface area contributed by atoms with Crippen LogP contribution in [-0.2, 0) is 0 Å². The van der Waals surface area contributed by atoms with E-state index in [4.69, 9.17) is 55.1 Å². The van der Waals surface area contributed by atoms with Crippen LogP contribution < -0.4 is 15.2 Å². The second-order valence-corrected chi connectivity index (χ2v) is 8.95. The number of aliphatic hydroxyl groups is 1. The van der Waals surface area contributed by atoms with Crippen LogP contribution in [0.5, 0.6) is 11.5 Å². The Balaban J connectivity index is 1.83. The molecule has 160 valence electrons. The Labute approximate surface area is 193 Å². The van der Waals surface area contributed by atoms with Crippen molar-refractivity contribution in [3.05, 3.63) is 45.4 Å². The first-order valence-electron chi connectivity index (χ1n) is 9.07. The van der Waals surface area contributed by atoms with Crippen molar-refractivity contribution in [2.75, 3.05) is 13.2 Å². The number of hydrogen-bond acceptors (Lipinski definition) is 7. The van der Waals surface area contributed by atoms with E-state index in [-0.39, 0.29) is 19.3 Å². The molecule has 3 rings (SSSR count). The van der Waals surface area contributed by atoms with E-state index in [9.17, 15) is 0 Å². The molecule has 0 fully saturated rings. The fourth-order valence-electron chi connectivity index (χ4n) is 2.50. The molecule has 1 aromatic heterocycles. The number of rotatable bonds is 8. The fourth-order valence-corrected chi connectivity index (χ4v) is 4.15. The van der Waals surface area contributed by atoms with Crippen LogP contribution in [-0.4, -0.2) is 40.7 Å². The number of halogens is 3. The third kappa shape index (κ3) is 5.55. The van der Waals surface area contributed by atoms with Crippen molar-refractivity contribution in [2.45, 2.75) is 26.0 Å². The van der Waals surface area contributed by atoms with Crippen LogP contribution in [0.1, 0.15) is 13.8 Å². The van der Waals surface area contributed by atoms with Gasteiger partial charge in [0.1, 0.15) is 22.4 Å². The lowest BCUT2D eigenvalue weighted by molar-refractivity contribution is 0.207. The first-order valence-corrected chi connectivity index (χ1v) is 11.0. The summed E-state index contributed by atoms with van der Waals surface area (Å²) in [5.41, 5.74) is 7.18. The van der Waals surface area contributed by atoms with Crippen LogP contribution in [0.2, 0.25) is 15.1 Å². The molecule has 0 saturated heterocycles. The summed E-state index contributed by atoms with van der Waals surface area (Å²) < 4.78 is 11.2. The van der Waals surface area contributed by atoms with E-state index in [0.717, 1.165) is 5.56 Å². The van der Waals surface area contributed by atoms with Gasteiger partial charge in [0.2, 0.25) is 0 Å². The summed E-state index contributed by atoms with van der Waals surface area (Å²) in [6, 6.07) is 8.37. The van der Waals surface area contributed by atoms with Crippen molar-refractivity contribution in [1.82, 2.24) is 10.2 Å². The molecule has 6 nitrogen and oxygen atoms in total. The minimum absolute atomic E-state index is 0.0299. The molecule has 0 saturated carbocycles. The summed E-state index contributed by atoms with van der Waals surface area (Å²) in [4.78, 5) is 0. The van der Waals surface area contributed by atoms with Crippen molar-refractivity contribution in [3.63, 3.8) is 0 Å². The van der Waals surface area contributed by atoms with E-state index in [2.05, 4.69) is 10.2 Å². The Morgan fingerprint density at radius 1 is 1.00 bits per heavy atom. The first kappa shape index (κ1) is 23.1. The van der Waals surface area contributed by atoms with Gasteiger partial charge >= 0.3 is 0 Å². The second kappa shape index (κ2) is 10.1. The number of aromatic nitrogens is 2. The van der Waals surface area contributed by atoms with E-state index in [1.165, 1.54) is 11.3 Å². The van der Waals surface area contributed by atoms with E-state index >= 15 is 0 Å². The SMILES string of the molecule is CC(C)Oc1ccc(-c2nnc(-c3cc(Cl)c(OC[C@H](N)CO)c(Cl)c3)s2)cc1Cl. The van der Waals surface area contributed by atoms with Crippen LogP contribution in [0.25, 0.3) is 21.1 Å². The highest BCUT2D eigenvalue weighted by Crippen LogP contribution is 2.40. The predicted octanol–water partition coefficient (Wildman–Crippen LogP) is 5.32. The maximum Gasteiger partial charge on any atom is 0.156 e. The van der Waals surface area contributed by atoms with Gasteiger partial charge in [0.05, 0.1) is 33.8 Å². The Morgan fingerprint density at radius 2 is 1.60 bits per heavy atom. The Hall–Kier alpha value is -1.61. The van der Waals surface area contributed by atoms with Crippen LogP contribution >= 0.6 is 46.1 Å². The molecule has 3 N–H and O–H groups in total. The van der Waals surface area contributed by atoms with Gasteiger partial charge in [-0.2, -0.15) is 0 Å². The summed E-state index contributed by atoms with van der Waals surface area (Å²) in [5, 5.41) is 20.0. The van der Waals surface area contributed by atoms with Crippen molar-refractivity contribution in [1.29, 1.82) is 0 Å². The van der Waals surface area contributed by atoms with E-state index in [0.29, 0.717) is 42.1 Å². The predicted molar refractivity (Wildman–Crippen MR) is 122 cm³/mol. The molecule has 3 aromatic rings. The normalized spacial score (nSPS) is 12.3. The molecular formula is C20H20Cl3N3O3S. The molecule has 30 heavy (non-hydrogen) atoms. The van der Waals surface area contributed by atoms with Crippen LogP contribution in [0.4, 0.5) is 0 Å². The Bertz CT molecular complexity index is 1010. The highest BCUT2D eigenvalue weighted by atomic mass is 35.5. The minimum Gasteiger partial charge on any atom is -0.489 e. The largest absolute Gasteiger partial charge is 0.489 e. The minimum atomic E-state index is -0.522. The molecular weight excluding hydrogens is 469 g/mol. The molecule has 1 heterocycles. The number of benzene rings is 2. The van der Waals surface area contributed by atoms with Gasteiger partial charge in [-0.25, -0.2) is 0 Å². The molecule has 10 heteroatoms. The molecule has 0 aliphatic heterocycles. The van der Waals surface area contributed by atoms with E-state index in [1.807, 2.05) is 26.0 Å². The zero-order valence-corrected chi connectivity index (χ0v) is 19.3. The quantitative estimate of drug-likeness (QED) is 0.446. The van der Waals surface area contributed by atoms with Gasteiger partial charge in [0, 0.05) is 11.1 Å². The molecule has 1 atom stereocenters. The summed E-state index contributed by atoms with van der Waals surface area (Å²) in [5.74, 6) is 0.929. The summed E-state index contributed by atoms with van der Waals surface area (Å²) in [6.07, 6.45) is 0.0299. The van der Waals surface area contributed by atoms with Crippen molar-refractivity contribution >= 4 is 46.1 Å². The second-order valence-electron chi connectivity index (χ2n) is 6.75. The van der Waals surface area contributed by atoms with Crippen molar-refractivity contribution in [2.24, 2.45) is 5.73 Å². The summed E-state index contributed by atoms with van der Waals surface area (Å²) in [6.45, 7) is 3.77. The van der Waals surface area contributed by atoms with Gasteiger partial charge in [-0.3, -0.25) is 0 Å². The standard InChI is InChI=1S/C20H20Cl3N3O3S/c1-10(2)29-17-4-3-11(5-14(17)21)19-25-26-20(30-19)12-6-15(22)18(16(23)7-12)28-9-13(24)8-27/h3-7,10,13,27H,8-9,24H2,1-2H3/t13-/m1/s1. The molecule has 2 aromatic carbocycles. The molecule has 0 spiro atoms. The van der Waals surface area contributed by atoms with Gasteiger partial charge in [-0.1, -0.05) is 46.1 Å². The topological polar surface area (TPSA) is 90.5 Å². The third-order valence-corrected chi connectivity index (χ3v) is 5.77. The molecule has 0 amide bonds. The number of hydrogen-bond donors (Lipinski definition) is 2. The number of aliphatic hydroxyl groups excluding tert-OH is 1. The molecule has 0 radical (unpaired) electrons. The van der Waals surface area contributed by atoms with Crippen LogP contribution in [0, 0.1) is 0 Å². The lowest BCUT2D eigenvalue weighted by Crippen LogP contribution is -2.31. The zero-order chi connectivity index (χ0) is 21.8. The third-order valence-electron chi connectivity index (χ3n) is 3.89.